The molecule has 6 nitrogen and oxygen atoms in total. The van der Waals surface area contributed by atoms with Crippen molar-refractivity contribution < 1.29 is 4.79 Å². The molecule has 1 aromatic carbocycles. The number of hydrogen-bond acceptors (Lipinski definition) is 5. The Balaban J connectivity index is 1.95. The van der Waals surface area contributed by atoms with E-state index >= 15 is 0 Å². The van der Waals surface area contributed by atoms with E-state index in [1.165, 1.54) is 11.3 Å². The summed E-state index contributed by atoms with van der Waals surface area (Å²) in [5, 5.41) is 12.7. The predicted octanol–water partition coefficient (Wildman–Crippen LogP) is 1.87. The topological polar surface area (TPSA) is 87.7 Å². The zero-order chi connectivity index (χ0) is 14.8. The molecule has 0 saturated carbocycles. The zero-order valence-electron chi connectivity index (χ0n) is 11.2. The van der Waals surface area contributed by atoms with Gasteiger partial charge in [0.25, 0.3) is 11.5 Å². The van der Waals surface area contributed by atoms with E-state index in [0.717, 1.165) is 5.01 Å². The minimum absolute atomic E-state index is 0.202. The molecule has 1 atom stereocenters. The summed E-state index contributed by atoms with van der Waals surface area (Å²) in [5.74, 6) is -0.342. The number of hydrogen-bond donors (Lipinski definition) is 2. The maximum absolute atomic E-state index is 12.4. The molecule has 0 aliphatic heterocycles. The van der Waals surface area contributed by atoms with Gasteiger partial charge in [0.1, 0.15) is 5.01 Å². The molecule has 0 aliphatic carbocycles. The van der Waals surface area contributed by atoms with Gasteiger partial charge in [-0.2, -0.15) is 5.10 Å². The van der Waals surface area contributed by atoms with Crippen molar-refractivity contribution in [1.82, 2.24) is 20.5 Å². The number of aromatic nitrogens is 3. The van der Waals surface area contributed by atoms with E-state index in [-0.39, 0.29) is 23.2 Å². The standard InChI is InChI=1S/C14H12N4O2S/c1-8(14-15-6-7-21-14)16-13(20)11-9-4-2-3-5-10(9)12(19)18-17-11/h2-8H,1H3,(H,16,20)(H,18,19). The van der Waals surface area contributed by atoms with Crippen LogP contribution in [0.2, 0.25) is 0 Å². The molecule has 7 heteroatoms. The van der Waals surface area contributed by atoms with Crippen LogP contribution < -0.4 is 10.9 Å². The fourth-order valence-electron chi connectivity index (χ4n) is 2.06. The average Bonchev–Trinajstić information content (AvgIpc) is 3.02. The number of carbonyl (C=O) groups excluding carboxylic acids is 1. The lowest BCUT2D eigenvalue weighted by molar-refractivity contribution is 0.0935. The van der Waals surface area contributed by atoms with Gasteiger partial charge in [-0.05, 0) is 13.0 Å². The first kappa shape index (κ1) is 13.4. The zero-order valence-corrected chi connectivity index (χ0v) is 12.0. The highest BCUT2D eigenvalue weighted by Crippen LogP contribution is 2.17. The van der Waals surface area contributed by atoms with Crippen molar-refractivity contribution in [2.75, 3.05) is 0 Å². The van der Waals surface area contributed by atoms with Crippen LogP contribution in [0.25, 0.3) is 10.8 Å². The molecule has 2 N–H and O–H groups in total. The number of amides is 1. The van der Waals surface area contributed by atoms with Crippen LogP contribution in [0.4, 0.5) is 0 Å². The molecule has 1 unspecified atom stereocenters. The molecule has 3 rings (SSSR count). The Labute approximate surface area is 123 Å². The second kappa shape index (κ2) is 5.45. The van der Waals surface area contributed by atoms with Gasteiger partial charge in [0, 0.05) is 17.0 Å². The average molecular weight is 300 g/mol. The van der Waals surface area contributed by atoms with Crippen molar-refractivity contribution in [3.63, 3.8) is 0 Å². The van der Waals surface area contributed by atoms with Gasteiger partial charge < -0.3 is 5.32 Å². The molecule has 2 aromatic heterocycles. The van der Waals surface area contributed by atoms with E-state index in [9.17, 15) is 9.59 Å². The fourth-order valence-corrected chi connectivity index (χ4v) is 2.71. The SMILES string of the molecule is CC(NC(=O)c1n[nH]c(=O)c2ccccc12)c1nccs1. The number of benzene rings is 1. The van der Waals surface area contributed by atoms with Gasteiger partial charge in [0.2, 0.25) is 0 Å². The third-order valence-corrected chi connectivity index (χ3v) is 4.04. The molecule has 0 radical (unpaired) electrons. The molecule has 2 heterocycles. The van der Waals surface area contributed by atoms with Crippen molar-refractivity contribution in [2.45, 2.75) is 13.0 Å². The first-order valence-electron chi connectivity index (χ1n) is 6.34. The van der Waals surface area contributed by atoms with Gasteiger partial charge in [-0.3, -0.25) is 9.59 Å². The summed E-state index contributed by atoms with van der Waals surface area (Å²) in [7, 11) is 0. The molecule has 0 saturated heterocycles. The number of carbonyl (C=O) groups is 1. The number of rotatable bonds is 3. The van der Waals surface area contributed by atoms with Crippen molar-refractivity contribution in [1.29, 1.82) is 0 Å². The lowest BCUT2D eigenvalue weighted by atomic mass is 10.1. The predicted molar refractivity (Wildman–Crippen MR) is 80.4 cm³/mol. The largest absolute Gasteiger partial charge is 0.342 e. The second-order valence-corrected chi connectivity index (χ2v) is 5.44. The Morgan fingerprint density at radius 2 is 2.10 bits per heavy atom. The monoisotopic (exact) mass is 300 g/mol. The minimum atomic E-state index is -0.342. The minimum Gasteiger partial charge on any atom is -0.342 e. The highest BCUT2D eigenvalue weighted by Gasteiger charge is 2.17. The van der Waals surface area contributed by atoms with Gasteiger partial charge in [0.05, 0.1) is 11.4 Å². The molecule has 106 valence electrons. The molecule has 0 fully saturated rings. The summed E-state index contributed by atoms with van der Waals surface area (Å²) >= 11 is 1.47. The van der Waals surface area contributed by atoms with Crippen LogP contribution in [0, 0.1) is 0 Å². The number of nitrogens with zero attached hydrogens (tertiary/aromatic N) is 2. The Kier molecular flexibility index (Phi) is 3.49. The summed E-state index contributed by atoms with van der Waals surface area (Å²) in [4.78, 5) is 28.2. The summed E-state index contributed by atoms with van der Waals surface area (Å²) in [5.41, 5.74) is -0.108. The van der Waals surface area contributed by atoms with Gasteiger partial charge in [-0.1, -0.05) is 18.2 Å². The number of aromatic amines is 1. The molecule has 1 amide bonds. The van der Waals surface area contributed by atoms with Crippen molar-refractivity contribution >= 4 is 28.0 Å². The molecular formula is C14H12N4O2S. The highest BCUT2D eigenvalue weighted by molar-refractivity contribution is 7.09. The summed E-state index contributed by atoms with van der Waals surface area (Å²) in [6.07, 6.45) is 1.69. The Hall–Kier alpha value is -2.54. The molecule has 0 spiro atoms. The maximum Gasteiger partial charge on any atom is 0.272 e. The lowest BCUT2D eigenvalue weighted by Crippen LogP contribution is -2.29. The van der Waals surface area contributed by atoms with E-state index in [2.05, 4.69) is 20.5 Å². The Morgan fingerprint density at radius 3 is 2.81 bits per heavy atom. The number of nitrogens with one attached hydrogen (secondary N) is 2. The van der Waals surface area contributed by atoms with E-state index in [1.54, 1.807) is 30.5 Å². The van der Waals surface area contributed by atoms with Crippen LogP contribution in [0.15, 0.2) is 40.6 Å². The second-order valence-electron chi connectivity index (χ2n) is 4.51. The third kappa shape index (κ3) is 2.55. The number of thiazole rings is 1. The number of fused-ring (bicyclic) bond motifs is 1. The highest BCUT2D eigenvalue weighted by atomic mass is 32.1. The van der Waals surface area contributed by atoms with Crippen LogP contribution in [0.1, 0.15) is 28.5 Å². The van der Waals surface area contributed by atoms with Crippen molar-refractivity contribution in [3.8, 4) is 0 Å². The first-order valence-corrected chi connectivity index (χ1v) is 7.22. The Morgan fingerprint density at radius 1 is 1.33 bits per heavy atom. The van der Waals surface area contributed by atoms with Gasteiger partial charge in [-0.15, -0.1) is 11.3 Å². The molecule has 0 aliphatic rings. The molecular weight excluding hydrogens is 288 g/mol. The van der Waals surface area contributed by atoms with Gasteiger partial charge in [0.15, 0.2) is 5.69 Å². The third-order valence-electron chi connectivity index (χ3n) is 3.08. The van der Waals surface area contributed by atoms with Gasteiger partial charge >= 0.3 is 0 Å². The molecule has 3 aromatic rings. The molecule has 0 bridgehead atoms. The molecule has 21 heavy (non-hydrogen) atoms. The van der Waals surface area contributed by atoms with Crippen LogP contribution in [-0.4, -0.2) is 21.1 Å². The van der Waals surface area contributed by atoms with E-state index in [0.29, 0.717) is 10.8 Å². The van der Waals surface area contributed by atoms with Crippen molar-refractivity contribution in [2.24, 2.45) is 0 Å². The number of H-pyrrole nitrogens is 1. The van der Waals surface area contributed by atoms with Crippen molar-refractivity contribution in [3.05, 3.63) is 56.9 Å². The lowest BCUT2D eigenvalue weighted by Gasteiger charge is -2.11. The first-order chi connectivity index (χ1) is 10.2. The van der Waals surface area contributed by atoms with Crippen LogP contribution in [-0.2, 0) is 0 Å². The summed E-state index contributed by atoms with van der Waals surface area (Å²) < 4.78 is 0. The van der Waals surface area contributed by atoms with Crippen LogP contribution >= 0.6 is 11.3 Å². The normalized spacial score (nSPS) is 12.2. The van der Waals surface area contributed by atoms with E-state index < -0.39 is 0 Å². The van der Waals surface area contributed by atoms with E-state index in [1.807, 2.05) is 12.3 Å². The summed E-state index contributed by atoms with van der Waals surface area (Å²) in [6.45, 7) is 1.85. The Bertz CT molecular complexity index is 842. The summed E-state index contributed by atoms with van der Waals surface area (Å²) in [6, 6.07) is 6.67. The van der Waals surface area contributed by atoms with E-state index in [4.69, 9.17) is 0 Å². The van der Waals surface area contributed by atoms with Crippen LogP contribution in [0.3, 0.4) is 0 Å². The fraction of sp³-hybridized carbons (Fsp3) is 0.143. The van der Waals surface area contributed by atoms with Gasteiger partial charge in [-0.25, -0.2) is 10.1 Å². The quantitative estimate of drug-likeness (QED) is 0.773. The maximum atomic E-state index is 12.4. The smallest absolute Gasteiger partial charge is 0.272 e. The van der Waals surface area contributed by atoms with Crippen LogP contribution in [0.5, 0.6) is 0 Å².